The van der Waals surface area contributed by atoms with Gasteiger partial charge in [-0.15, -0.1) is 0 Å². The first kappa shape index (κ1) is 18.8. The molecule has 0 fully saturated rings. The van der Waals surface area contributed by atoms with Gasteiger partial charge < -0.3 is 24.3 Å². The largest absolute Gasteiger partial charge is 0.493 e. The van der Waals surface area contributed by atoms with Gasteiger partial charge in [0.05, 0.1) is 20.8 Å². The van der Waals surface area contributed by atoms with E-state index in [1.807, 2.05) is 18.2 Å². The monoisotopic (exact) mass is 325 g/mol. The Morgan fingerprint density at radius 2 is 1.87 bits per heavy atom. The summed E-state index contributed by atoms with van der Waals surface area (Å²) in [6.45, 7) is 1.32. The Hall–Kier alpha value is -2.28. The summed E-state index contributed by atoms with van der Waals surface area (Å²) in [5, 5.41) is 2.66. The second-order valence-electron chi connectivity index (χ2n) is 4.68. The van der Waals surface area contributed by atoms with Crippen molar-refractivity contribution >= 4 is 11.9 Å². The van der Waals surface area contributed by atoms with E-state index < -0.39 is 5.97 Å². The molecule has 1 aromatic carbocycles. The Morgan fingerprint density at radius 1 is 1.09 bits per heavy atom. The Morgan fingerprint density at radius 3 is 2.52 bits per heavy atom. The van der Waals surface area contributed by atoms with Gasteiger partial charge in [-0.25, -0.2) is 0 Å². The van der Waals surface area contributed by atoms with Gasteiger partial charge in [-0.2, -0.15) is 0 Å². The molecule has 0 aliphatic rings. The molecule has 23 heavy (non-hydrogen) atoms. The first-order chi connectivity index (χ1) is 11.1. The molecule has 0 saturated heterocycles. The number of rotatable bonds is 10. The van der Waals surface area contributed by atoms with Gasteiger partial charge in [0, 0.05) is 13.7 Å². The molecule has 0 spiro atoms. The SMILES string of the molecule is COCCOc1cc(CCNC(=O)CC(=O)OC)ccc1OC. The average Bonchev–Trinajstić information content (AvgIpc) is 2.55. The zero-order valence-electron chi connectivity index (χ0n) is 13.7. The Bertz CT molecular complexity index is 517. The lowest BCUT2D eigenvalue weighted by Gasteiger charge is -2.12. The topological polar surface area (TPSA) is 83.1 Å². The molecule has 0 aliphatic heterocycles. The van der Waals surface area contributed by atoms with Crippen LogP contribution in [-0.2, 0) is 25.5 Å². The lowest BCUT2D eigenvalue weighted by Crippen LogP contribution is -2.28. The average molecular weight is 325 g/mol. The molecule has 0 aromatic heterocycles. The second-order valence-corrected chi connectivity index (χ2v) is 4.68. The van der Waals surface area contributed by atoms with Gasteiger partial charge in [0.25, 0.3) is 0 Å². The fourth-order valence-electron chi connectivity index (χ4n) is 1.84. The first-order valence-electron chi connectivity index (χ1n) is 7.22. The van der Waals surface area contributed by atoms with E-state index in [4.69, 9.17) is 14.2 Å². The lowest BCUT2D eigenvalue weighted by molar-refractivity contribution is -0.143. The van der Waals surface area contributed by atoms with Gasteiger partial charge in [-0.1, -0.05) is 6.07 Å². The minimum Gasteiger partial charge on any atom is -0.493 e. The summed E-state index contributed by atoms with van der Waals surface area (Å²) in [6.07, 6.45) is 0.335. The lowest BCUT2D eigenvalue weighted by atomic mass is 10.1. The van der Waals surface area contributed by atoms with Gasteiger partial charge in [0.2, 0.25) is 5.91 Å². The highest BCUT2D eigenvalue weighted by molar-refractivity contribution is 5.94. The van der Waals surface area contributed by atoms with Crippen LogP contribution in [0.2, 0.25) is 0 Å². The summed E-state index contributed by atoms with van der Waals surface area (Å²) in [5.74, 6) is 0.352. The number of carbonyl (C=O) groups excluding carboxylic acids is 2. The summed E-state index contributed by atoms with van der Waals surface area (Å²) < 4.78 is 20.2. The summed E-state index contributed by atoms with van der Waals surface area (Å²) in [5.41, 5.74) is 0.983. The third-order valence-corrected chi connectivity index (χ3v) is 3.04. The maximum Gasteiger partial charge on any atom is 0.315 e. The number of ether oxygens (including phenoxy) is 4. The molecule has 0 aliphatic carbocycles. The molecule has 0 radical (unpaired) electrons. The van der Waals surface area contributed by atoms with E-state index in [2.05, 4.69) is 10.1 Å². The van der Waals surface area contributed by atoms with Gasteiger partial charge in [-0.05, 0) is 24.1 Å². The summed E-state index contributed by atoms with van der Waals surface area (Å²) in [7, 11) is 4.43. The van der Waals surface area contributed by atoms with E-state index in [1.165, 1.54) is 7.11 Å². The molecule has 7 nitrogen and oxygen atoms in total. The van der Waals surface area contributed by atoms with Crippen LogP contribution in [0.1, 0.15) is 12.0 Å². The van der Waals surface area contributed by atoms with Crippen molar-refractivity contribution < 1.29 is 28.5 Å². The van der Waals surface area contributed by atoms with Crippen LogP contribution in [0.5, 0.6) is 11.5 Å². The van der Waals surface area contributed by atoms with E-state index in [0.29, 0.717) is 37.7 Å². The van der Waals surface area contributed by atoms with Crippen LogP contribution in [0.15, 0.2) is 18.2 Å². The number of methoxy groups -OCH3 is 3. The number of benzene rings is 1. The molecule has 1 N–H and O–H groups in total. The van der Waals surface area contributed by atoms with Crippen molar-refractivity contribution in [1.82, 2.24) is 5.32 Å². The van der Waals surface area contributed by atoms with Crippen LogP contribution < -0.4 is 14.8 Å². The zero-order valence-corrected chi connectivity index (χ0v) is 13.7. The molecule has 7 heteroatoms. The number of amides is 1. The van der Waals surface area contributed by atoms with Crippen molar-refractivity contribution in [3.8, 4) is 11.5 Å². The van der Waals surface area contributed by atoms with Crippen LogP contribution in [0.4, 0.5) is 0 Å². The van der Waals surface area contributed by atoms with Gasteiger partial charge in [0.15, 0.2) is 11.5 Å². The smallest absolute Gasteiger partial charge is 0.315 e. The van der Waals surface area contributed by atoms with Gasteiger partial charge in [-0.3, -0.25) is 9.59 Å². The third-order valence-electron chi connectivity index (χ3n) is 3.04. The second kappa shape index (κ2) is 10.4. The van der Waals surface area contributed by atoms with Gasteiger partial charge >= 0.3 is 5.97 Å². The molecule has 0 heterocycles. The van der Waals surface area contributed by atoms with Crippen molar-refractivity contribution in [2.45, 2.75) is 12.8 Å². The summed E-state index contributed by atoms with van der Waals surface area (Å²) in [4.78, 5) is 22.4. The van der Waals surface area contributed by atoms with Crippen molar-refractivity contribution in [1.29, 1.82) is 0 Å². The number of hydrogen-bond acceptors (Lipinski definition) is 6. The van der Waals surface area contributed by atoms with E-state index >= 15 is 0 Å². The molecule has 1 amide bonds. The molecule has 1 aromatic rings. The number of hydrogen-bond donors (Lipinski definition) is 1. The number of esters is 1. The predicted octanol–water partition coefficient (Wildman–Crippen LogP) is 0.942. The van der Waals surface area contributed by atoms with Crippen LogP contribution >= 0.6 is 0 Å². The zero-order chi connectivity index (χ0) is 17.1. The normalized spacial score (nSPS) is 10.0. The highest BCUT2D eigenvalue weighted by Gasteiger charge is 2.09. The molecule has 1 rings (SSSR count). The van der Waals surface area contributed by atoms with E-state index in [1.54, 1.807) is 14.2 Å². The third kappa shape index (κ3) is 7.01. The fraction of sp³-hybridized carbons (Fsp3) is 0.500. The van der Waals surface area contributed by atoms with E-state index in [-0.39, 0.29) is 12.3 Å². The number of carbonyl (C=O) groups is 2. The summed E-state index contributed by atoms with van der Waals surface area (Å²) >= 11 is 0. The predicted molar refractivity (Wildman–Crippen MR) is 83.7 cm³/mol. The quantitative estimate of drug-likeness (QED) is 0.392. The van der Waals surface area contributed by atoms with Crippen LogP contribution in [0, 0.1) is 0 Å². The Labute approximate surface area is 135 Å². The molecule has 128 valence electrons. The van der Waals surface area contributed by atoms with E-state index in [0.717, 1.165) is 5.56 Å². The Kier molecular flexibility index (Phi) is 8.52. The van der Waals surface area contributed by atoms with Gasteiger partial charge in [0.1, 0.15) is 13.0 Å². The maximum atomic E-state index is 11.5. The van der Waals surface area contributed by atoms with Crippen molar-refractivity contribution in [2.24, 2.45) is 0 Å². The van der Waals surface area contributed by atoms with E-state index in [9.17, 15) is 9.59 Å². The highest BCUT2D eigenvalue weighted by Crippen LogP contribution is 2.28. The van der Waals surface area contributed by atoms with Crippen molar-refractivity contribution in [2.75, 3.05) is 41.1 Å². The minimum absolute atomic E-state index is 0.273. The molecule has 0 atom stereocenters. The Balaban J connectivity index is 2.51. The fourth-order valence-corrected chi connectivity index (χ4v) is 1.84. The van der Waals surface area contributed by atoms with Crippen LogP contribution in [-0.4, -0.2) is 53.0 Å². The molecule has 0 saturated carbocycles. The molecular weight excluding hydrogens is 302 g/mol. The van der Waals surface area contributed by atoms with Crippen molar-refractivity contribution in [3.63, 3.8) is 0 Å². The van der Waals surface area contributed by atoms with Crippen molar-refractivity contribution in [3.05, 3.63) is 23.8 Å². The minimum atomic E-state index is -0.555. The maximum absolute atomic E-state index is 11.5. The standard InChI is InChI=1S/C16H23NO6/c1-20-8-9-23-14-10-12(4-5-13(14)21-2)6-7-17-15(18)11-16(19)22-3/h4-5,10H,6-9,11H2,1-3H3,(H,17,18). The summed E-state index contributed by atoms with van der Waals surface area (Å²) in [6, 6.07) is 5.57. The molecule has 0 unspecified atom stereocenters. The highest BCUT2D eigenvalue weighted by atomic mass is 16.5. The first-order valence-corrected chi connectivity index (χ1v) is 7.22. The molecular formula is C16H23NO6. The van der Waals surface area contributed by atoms with Crippen LogP contribution in [0.25, 0.3) is 0 Å². The van der Waals surface area contributed by atoms with Crippen LogP contribution in [0.3, 0.4) is 0 Å². The number of nitrogens with one attached hydrogen (secondary N) is 1. The molecule has 0 bridgehead atoms.